The summed E-state index contributed by atoms with van der Waals surface area (Å²) < 4.78 is 0. The van der Waals surface area contributed by atoms with Gasteiger partial charge in [-0.1, -0.05) is 26.2 Å². The molecule has 1 heterocycles. The van der Waals surface area contributed by atoms with Crippen molar-refractivity contribution in [3.63, 3.8) is 0 Å². The third-order valence-electron chi connectivity index (χ3n) is 3.80. The molecule has 1 saturated carbocycles. The predicted molar refractivity (Wildman–Crippen MR) is 83.8 cm³/mol. The van der Waals surface area contributed by atoms with Crippen LogP contribution in [-0.4, -0.2) is 30.0 Å². The number of anilines is 1. The van der Waals surface area contributed by atoms with Crippen molar-refractivity contribution < 1.29 is 0 Å². The number of hydrogen-bond acceptors (Lipinski definition) is 4. The van der Waals surface area contributed by atoms with Gasteiger partial charge in [-0.3, -0.25) is 0 Å². The van der Waals surface area contributed by atoms with Gasteiger partial charge in [-0.05, 0) is 32.2 Å². The van der Waals surface area contributed by atoms with Crippen molar-refractivity contribution in [2.24, 2.45) is 5.92 Å². The Kier molecular flexibility index (Phi) is 6.11. The van der Waals surface area contributed by atoms with Crippen molar-refractivity contribution >= 4 is 16.5 Å². The molecular weight excluding hydrogens is 254 g/mol. The van der Waals surface area contributed by atoms with Gasteiger partial charge in [-0.15, -0.1) is 11.3 Å². The van der Waals surface area contributed by atoms with E-state index < -0.39 is 0 Å². The van der Waals surface area contributed by atoms with E-state index in [1.54, 1.807) is 11.3 Å². The van der Waals surface area contributed by atoms with Gasteiger partial charge in [0.05, 0.1) is 0 Å². The van der Waals surface area contributed by atoms with Crippen LogP contribution in [0.1, 0.15) is 50.3 Å². The lowest BCUT2D eigenvalue weighted by molar-refractivity contribution is 0.229. The van der Waals surface area contributed by atoms with Gasteiger partial charge in [0.15, 0.2) is 5.13 Å². The van der Waals surface area contributed by atoms with Gasteiger partial charge in [0, 0.05) is 30.7 Å². The lowest BCUT2D eigenvalue weighted by Gasteiger charge is -2.26. The van der Waals surface area contributed by atoms with Crippen molar-refractivity contribution in [3.8, 4) is 0 Å². The molecule has 108 valence electrons. The maximum atomic E-state index is 4.43. The first-order valence-electron chi connectivity index (χ1n) is 7.65. The molecule has 0 bridgehead atoms. The van der Waals surface area contributed by atoms with Crippen LogP contribution in [0.4, 0.5) is 5.13 Å². The highest BCUT2D eigenvalue weighted by atomic mass is 32.1. The van der Waals surface area contributed by atoms with Gasteiger partial charge in [-0.2, -0.15) is 0 Å². The summed E-state index contributed by atoms with van der Waals surface area (Å²) in [5.74, 6) is 0.921. The number of thiazole rings is 1. The van der Waals surface area contributed by atoms with Crippen LogP contribution in [0.25, 0.3) is 0 Å². The lowest BCUT2D eigenvalue weighted by Crippen LogP contribution is -2.26. The Hall–Kier alpha value is -0.610. The van der Waals surface area contributed by atoms with Crippen LogP contribution in [0.5, 0.6) is 0 Å². The minimum absolute atomic E-state index is 0.921. The fourth-order valence-electron chi connectivity index (χ4n) is 2.84. The van der Waals surface area contributed by atoms with Crippen molar-refractivity contribution in [3.05, 3.63) is 11.1 Å². The Bertz CT molecular complexity index is 358. The quantitative estimate of drug-likeness (QED) is 0.819. The second kappa shape index (κ2) is 7.85. The zero-order valence-corrected chi connectivity index (χ0v) is 13.1. The summed E-state index contributed by atoms with van der Waals surface area (Å²) in [5, 5.41) is 4.43. The molecule has 0 amide bonds. The van der Waals surface area contributed by atoms with Crippen molar-refractivity contribution in [2.75, 3.05) is 25.5 Å². The molecule has 0 spiro atoms. The summed E-state index contributed by atoms with van der Waals surface area (Å²) >= 11 is 1.80. The maximum absolute atomic E-state index is 4.43. The molecule has 19 heavy (non-hydrogen) atoms. The second-order valence-corrected chi connectivity index (χ2v) is 6.87. The molecule has 0 unspecified atom stereocenters. The summed E-state index contributed by atoms with van der Waals surface area (Å²) in [4.78, 5) is 8.27. The number of rotatable bonds is 7. The summed E-state index contributed by atoms with van der Waals surface area (Å²) in [6.07, 6.45) is 10.3. The van der Waals surface area contributed by atoms with E-state index in [1.165, 1.54) is 43.5 Å². The second-order valence-electron chi connectivity index (χ2n) is 5.76. The van der Waals surface area contributed by atoms with Crippen molar-refractivity contribution in [2.45, 2.75) is 52.0 Å². The van der Waals surface area contributed by atoms with Crippen LogP contribution >= 0.6 is 11.3 Å². The van der Waals surface area contributed by atoms with Gasteiger partial charge in [-0.25, -0.2) is 4.98 Å². The van der Waals surface area contributed by atoms with E-state index in [-0.39, 0.29) is 0 Å². The number of nitrogens with zero attached hydrogens (tertiary/aromatic N) is 2. The number of nitrogens with one attached hydrogen (secondary N) is 1. The number of hydrogen-bond donors (Lipinski definition) is 1. The predicted octanol–water partition coefficient (Wildman–Crippen LogP) is 3.98. The molecule has 3 nitrogen and oxygen atoms in total. The highest BCUT2D eigenvalue weighted by molar-refractivity contribution is 7.15. The summed E-state index contributed by atoms with van der Waals surface area (Å²) in [7, 11) is 2.24. The van der Waals surface area contributed by atoms with E-state index in [0.29, 0.717) is 0 Å². The van der Waals surface area contributed by atoms with Gasteiger partial charge in [0.25, 0.3) is 0 Å². The average molecular weight is 281 g/mol. The Balaban J connectivity index is 1.74. The Morgan fingerprint density at radius 3 is 2.89 bits per heavy atom. The van der Waals surface area contributed by atoms with Crippen LogP contribution in [0.2, 0.25) is 0 Å². The molecule has 1 aliphatic rings. The molecule has 1 N–H and O–H groups in total. The Morgan fingerprint density at radius 1 is 1.37 bits per heavy atom. The summed E-state index contributed by atoms with van der Waals surface area (Å²) in [6.45, 7) is 5.49. The molecular formula is C15H27N3S. The van der Waals surface area contributed by atoms with Gasteiger partial charge in [0.1, 0.15) is 0 Å². The molecule has 1 fully saturated rings. The standard InChI is InChI=1S/C15H27N3S/c1-3-9-16-15-17-10-14(19-15)12-18(2)11-13-7-5-4-6-8-13/h10,13H,3-9,11-12H2,1-2H3,(H,16,17). The SMILES string of the molecule is CCCNc1ncc(CN(C)CC2CCCCC2)s1. The normalized spacial score (nSPS) is 17.0. The zero-order chi connectivity index (χ0) is 13.5. The minimum Gasteiger partial charge on any atom is -0.362 e. The first kappa shape index (κ1) is 14.8. The fraction of sp³-hybridized carbons (Fsp3) is 0.800. The zero-order valence-electron chi connectivity index (χ0n) is 12.3. The lowest BCUT2D eigenvalue weighted by atomic mass is 9.89. The van der Waals surface area contributed by atoms with E-state index in [9.17, 15) is 0 Å². The fourth-order valence-corrected chi connectivity index (χ4v) is 3.75. The third-order valence-corrected chi connectivity index (χ3v) is 4.74. The van der Waals surface area contributed by atoms with E-state index in [4.69, 9.17) is 0 Å². The average Bonchev–Trinajstić information content (AvgIpc) is 2.85. The first-order valence-corrected chi connectivity index (χ1v) is 8.46. The smallest absolute Gasteiger partial charge is 0.182 e. The van der Waals surface area contributed by atoms with E-state index in [1.807, 2.05) is 6.20 Å². The van der Waals surface area contributed by atoms with Gasteiger partial charge < -0.3 is 10.2 Å². The Labute approximate surface area is 121 Å². The first-order chi connectivity index (χ1) is 9.28. The summed E-state index contributed by atoms with van der Waals surface area (Å²) in [6, 6.07) is 0. The molecule has 1 aromatic rings. The Morgan fingerprint density at radius 2 is 2.16 bits per heavy atom. The third kappa shape index (κ3) is 5.11. The highest BCUT2D eigenvalue weighted by Crippen LogP contribution is 2.25. The summed E-state index contributed by atoms with van der Waals surface area (Å²) in [5.41, 5.74) is 0. The van der Waals surface area contributed by atoms with E-state index >= 15 is 0 Å². The van der Waals surface area contributed by atoms with Crippen LogP contribution in [-0.2, 0) is 6.54 Å². The largest absolute Gasteiger partial charge is 0.362 e. The van der Waals surface area contributed by atoms with Crippen LogP contribution in [0.15, 0.2) is 6.20 Å². The maximum Gasteiger partial charge on any atom is 0.182 e. The molecule has 0 radical (unpaired) electrons. The molecule has 1 aromatic heterocycles. The topological polar surface area (TPSA) is 28.2 Å². The molecule has 0 atom stereocenters. The van der Waals surface area contributed by atoms with Crippen molar-refractivity contribution in [1.82, 2.24) is 9.88 Å². The molecule has 1 aliphatic carbocycles. The van der Waals surface area contributed by atoms with Crippen LogP contribution in [0, 0.1) is 5.92 Å². The van der Waals surface area contributed by atoms with Gasteiger partial charge in [0.2, 0.25) is 0 Å². The number of aromatic nitrogens is 1. The molecule has 0 aliphatic heterocycles. The minimum atomic E-state index is 0.921. The molecule has 4 heteroatoms. The highest BCUT2D eigenvalue weighted by Gasteiger charge is 2.15. The molecule has 2 rings (SSSR count). The molecule has 0 aromatic carbocycles. The van der Waals surface area contributed by atoms with E-state index in [2.05, 4.69) is 29.2 Å². The van der Waals surface area contributed by atoms with Crippen LogP contribution in [0.3, 0.4) is 0 Å². The van der Waals surface area contributed by atoms with Gasteiger partial charge >= 0.3 is 0 Å². The van der Waals surface area contributed by atoms with E-state index in [0.717, 1.165) is 30.6 Å². The molecule has 0 saturated heterocycles. The van der Waals surface area contributed by atoms with Crippen LogP contribution < -0.4 is 5.32 Å². The monoisotopic (exact) mass is 281 g/mol. The van der Waals surface area contributed by atoms with Crippen molar-refractivity contribution in [1.29, 1.82) is 0 Å².